The molecular weight excluding hydrogens is 475 g/mol. The second-order valence-electron chi connectivity index (χ2n) is 11.6. The molecule has 0 spiro atoms. The number of fused-ring (bicyclic) bond motifs is 1. The third-order valence-corrected chi connectivity index (χ3v) is 8.08. The maximum atomic E-state index is 12.8. The predicted octanol–water partition coefficient (Wildman–Crippen LogP) is 4.06. The number of carbonyl (C=O) groups excluding carboxylic acids is 1. The lowest BCUT2D eigenvalue weighted by Gasteiger charge is -2.32. The summed E-state index contributed by atoms with van der Waals surface area (Å²) in [6.07, 6.45) is 3.44. The van der Waals surface area contributed by atoms with Crippen LogP contribution < -0.4 is 11.0 Å². The van der Waals surface area contributed by atoms with E-state index in [1.165, 1.54) is 11.8 Å². The number of rotatable bonds is 6. The van der Waals surface area contributed by atoms with Crippen molar-refractivity contribution in [1.29, 1.82) is 0 Å². The number of hydrogen-bond donors (Lipinski definition) is 0. The Kier molecular flexibility index (Phi) is 7.48. The molecule has 4 rings (SSSR count). The summed E-state index contributed by atoms with van der Waals surface area (Å²) in [6.45, 7) is 13.8. The van der Waals surface area contributed by atoms with Crippen molar-refractivity contribution < 1.29 is 18.8 Å². The van der Waals surface area contributed by atoms with Crippen molar-refractivity contribution in [1.82, 2.24) is 9.55 Å². The summed E-state index contributed by atoms with van der Waals surface area (Å²) in [5, 5.41) is 0.557. The standard InChI is InChI=1S/C27H37BN2O5S/c1-25(2,3)33-22(31)16-30-21-11-9-8-10-20(21)23(32)29-24(30)36-17-18-12-14-19(15-13-18)28-34-26(4,5)27(6,7)35-28/h12-15H,8-11,16-17H2,1-7H3. The Bertz CT molecular complexity index is 1170. The van der Waals surface area contributed by atoms with Gasteiger partial charge in [0.15, 0.2) is 5.16 Å². The van der Waals surface area contributed by atoms with Gasteiger partial charge in [-0.05, 0) is 85.2 Å². The number of thioether (sulfide) groups is 1. The fourth-order valence-electron chi connectivity index (χ4n) is 4.42. The van der Waals surface area contributed by atoms with Gasteiger partial charge in [-0.3, -0.25) is 9.59 Å². The van der Waals surface area contributed by atoms with E-state index in [-0.39, 0.29) is 29.3 Å². The zero-order valence-corrected chi connectivity index (χ0v) is 23.3. The molecule has 0 saturated carbocycles. The molecule has 0 N–H and O–H groups in total. The van der Waals surface area contributed by atoms with E-state index >= 15 is 0 Å². The average molecular weight is 512 g/mol. The Morgan fingerprint density at radius 2 is 1.69 bits per heavy atom. The summed E-state index contributed by atoms with van der Waals surface area (Å²) in [5.74, 6) is 0.290. The molecule has 194 valence electrons. The number of nitrogens with zero attached hydrogens (tertiary/aromatic N) is 2. The topological polar surface area (TPSA) is 79.7 Å². The zero-order chi connectivity index (χ0) is 26.3. The number of carbonyl (C=O) groups is 1. The molecule has 1 saturated heterocycles. The molecule has 7 nitrogen and oxygen atoms in total. The van der Waals surface area contributed by atoms with Crippen molar-refractivity contribution in [2.75, 3.05) is 0 Å². The Morgan fingerprint density at radius 3 is 2.31 bits per heavy atom. The van der Waals surface area contributed by atoms with Crippen molar-refractivity contribution >= 4 is 30.3 Å². The van der Waals surface area contributed by atoms with Gasteiger partial charge in [0.1, 0.15) is 12.1 Å². The number of esters is 1. The monoisotopic (exact) mass is 512 g/mol. The SMILES string of the molecule is CC(C)(C)OC(=O)Cn1c(SCc2ccc(B3OC(C)(C)C(C)(C)O3)cc2)nc(=O)c2c1CCCC2. The van der Waals surface area contributed by atoms with Gasteiger partial charge in [0.05, 0.1) is 11.2 Å². The fourth-order valence-corrected chi connectivity index (χ4v) is 5.39. The summed E-state index contributed by atoms with van der Waals surface area (Å²) >= 11 is 1.47. The highest BCUT2D eigenvalue weighted by molar-refractivity contribution is 7.98. The lowest BCUT2D eigenvalue weighted by molar-refractivity contribution is -0.155. The lowest BCUT2D eigenvalue weighted by Crippen LogP contribution is -2.41. The van der Waals surface area contributed by atoms with Crippen LogP contribution in [0.4, 0.5) is 0 Å². The van der Waals surface area contributed by atoms with Crippen molar-refractivity contribution in [2.24, 2.45) is 0 Å². The Balaban J connectivity index is 1.52. The number of aromatic nitrogens is 2. The highest BCUT2D eigenvalue weighted by Crippen LogP contribution is 2.36. The molecule has 1 aliphatic carbocycles. The molecule has 36 heavy (non-hydrogen) atoms. The van der Waals surface area contributed by atoms with Crippen molar-refractivity contribution in [3.8, 4) is 0 Å². The van der Waals surface area contributed by atoms with Crippen LogP contribution >= 0.6 is 11.8 Å². The van der Waals surface area contributed by atoms with E-state index in [4.69, 9.17) is 14.0 Å². The first kappa shape index (κ1) is 27.0. The van der Waals surface area contributed by atoms with Gasteiger partial charge in [-0.1, -0.05) is 36.0 Å². The third kappa shape index (κ3) is 5.89. The van der Waals surface area contributed by atoms with Crippen LogP contribution in [0, 0.1) is 0 Å². The van der Waals surface area contributed by atoms with Gasteiger partial charge in [-0.2, -0.15) is 4.98 Å². The van der Waals surface area contributed by atoms with Crippen molar-refractivity contribution in [3.63, 3.8) is 0 Å². The number of ether oxygens (including phenoxy) is 1. The summed E-state index contributed by atoms with van der Waals surface area (Å²) in [4.78, 5) is 29.9. The molecule has 1 aromatic carbocycles. The van der Waals surface area contributed by atoms with Crippen LogP contribution in [0.15, 0.2) is 34.2 Å². The molecule has 2 heterocycles. The largest absolute Gasteiger partial charge is 0.494 e. The second-order valence-corrected chi connectivity index (χ2v) is 12.6. The molecule has 1 aliphatic heterocycles. The summed E-state index contributed by atoms with van der Waals surface area (Å²) in [5.41, 5.74) is 2.18. The highest BCUT2D eigenvalue weighted by Gasteiger charge is 2.51. The maximum Gasteiger partial charge on any atom is 0.494 e. The van der Waals surface area contributed by atoms with Gasteiger partial charge < -0.3 is 18.6 Å². The van der Waals surface area contributed by atoms with Crippen molar-refractivity contribution in [2.45, 2.75) is 108 Å². The Hall–Kier alpha value is -2.10. The smallest absolute Gasteiger partial charge is 0.459 e. The molecule has 2 aromatic rings. The van der Waals surface area contributed by atoms with Gasteiger partial charge in [0.2, 0.25) is 0 Å². The minimum absolute atomic E-state index is 0.0517. The molecule has 0 bridgehead atoms. The number of hydrogen-bond acceptors (Lipinski definition) is 7. The normalized spacial score (nSPS) is 18.7. The second kappa shape index (κ2) is 9.99. The van der Waals surface area contributed by atoms with E-state index in [1.54, 1.807) is 0 Å². The van der Waals surface area contributed by atoms with E-state index in [1.807, 2.05) is 77.3 Å². The van der Waals surface area contributed by atoms with E-state index in [0.29, 0.717) is 17.3 Å². The van der Waals surface area contributed by atoms with Gasteiger partial charge in [0, 0.05) is 17.0 Å². The Morgan fingerprint density at radius 1 is 1.08 bits per heavy atom. The Labute approximate surface area is 218 Å². The number of benzene rings is 1. The maximum absolute atomic E-state index is 12.8. The van der Waals surface area contributed by atoms with Crippen LogP contribution in [-0.2, 0) is 44.0 Å². The van der Waals surface area contributed by atoms with Gasteiger partial charge in [0.25, 0.3) is 5.56 Å². The molecular formula is C27H37BN2O5S. The van der Waals surface area contributed by atoms with Gasteiger partial charge in [-0.15, -0.1) is 0 Å². The molecule has 1 fully saturated rings. The molecule has 1 aromatic heterocycles. The van der Waals surface area contributed by atoms with E-state index in [9.17, 15) is 9.59 Å². The molecule has 0 unspecified atom stereocenters. The van der Waals surface area contributed by atoms with Crippen LogP contribution in [0.25, 0.3) is 0 Å². The zero-order valence-electron chi connectivity index (χ0n) is 22.5. The molecule has 0 atom stereocenters. The van der Waals surface area contributed by atoms with E-state index in [0.717, 1.165) is 41.5 Å². The first-order valence-electron chi connectivity index (χ1n) is 12.7. The summed E-state index contributed by atoms with van der Waals surface area (Å²) in [7, 11) is -0.405. The fraction of sp³-hybridized carbons (Fsp3) is 0.593. The molecule has 2 aliphatic rings. The highest BCUT2D eigenvalue weighted by atomic mass is 32.2. The first-order valence-corrected chi connectivity index (χ1v) is 13.7. The van der Waals surface area contributed by atoms with Gasteiger partial charge >= 0.3 is 13.1 Å². The van der Waals surface area contributed by atoms with Crippen molar-refractivity contribution in [3.05, 3.63) is 51.4 Å². The summed E-state index contributed by atoms with van der Waals surface area (Å²) < 4.78 is 19.8. The molecule has 0 radical (unpaired) electrons. The van der Waals surface area contributed by atoms with Crippen LogP contribution in [0.1, 0.15) is 78.1 Å². The van der Waals surface area contributed by atoms with Crippen LogP contribution in [0.3, 0.4) is 0 Å². The van der Waals surface area contributed by atoms with E-state index in [2.05, 4.69) is 4.98 Å². The molecule has 9 heteroatoms. The minimum atomic E-state index is -0.574. The van der Waals surface area contributed by atoms with Crippen LogP contribution in [0.2, 0.25) is 0 Å². The first-order chi connectivity index (χ1) is 16.8. The third-order valence-electron chi connectivity index (χ3n) is 7.03. The predicted molar refractivity (Wildman–Crippen MR) is 143 cm³/mol. The van der Waals surface area contributed by atoms with Crippen LogP contribution in [0.5, 0.6) is 0 Å². The van der Waals surface area contributed by atoms with Gasteiger partial charge in [-0.25, -0.2) is 0 Å². The summed E-state index contributed by atoms with van der Waals surface area (Å²) in [6, 6.07) is 8.13. The lowest BCUT2D eigenvalue weighted by atomic mass is 9.79. The average Bonchev–Trinajstić information content (AvgIpc) is 3.00. The minimum Gasteiger partial charge on any atom is -0.459 e. The van der Waals surface area contributed by atoms with E-state index < -0.39 is 12.7 Å². The van der Waals surface area contributed by atoms with Crippen LogP contribution in [-0.4, -0.2) is 39.4 Å². The quantitative estimate of drug-likeness (QED) is 0.250. The molecule has 0 amide bonds.